The molecular formula is C18H18N2O2. The summed E-state index contributed by atoms with van der Waals surface area (Å²) in [4.78, 5) is 26.7. The van der Waals surface area contributed by atoms with Gasteiger partial charge in [-0.3, -0.25) is 9.59 Å². The van der Waals surface area contributed by atoms with Crippen LogP contribution in [0.15, 0.2) is 72.4 Å². The molecule has 4 heteroatoms. The zero-order valence-electron chi connectivity index (χ0n) is 12.6. The largest absolute Gasteiger partial charge is 0.383 e. The van der Waals surface area contributed by atoms with Gasteiger partial charge in [-0.25, -0.2) is 0 Å². The SMILES string of the molecule is CN(C)C=C(C(=O)Nc1ccccc1)C(=O)c1ccccc1. The molecule has 0 bridgehead atoms. The smallest absolute Gasteiger partial charge is 0.261 e. The normalized spacial score (nSPS) is 10.9. The minimum atomic E-state index is -0.422. The van der Waals surface area contributed by atoms with Crippen LogP contribution in [0, 0.1) is 0 Å². The molecule has 112 valence electrons. The first-order valence-electron chi connectivity index (χ1n) is 6.92. The molecule has 0 unspecified atom stereocenters. The van der Waals surface area contributed by atoms with E-state index in [1.54, 1.807) is 55.4 Å². The van der Waals surface area contributed by atoms with Gasteiger partial charge in [-0.05, 0) is 12.1 Å². The molecule has 0 aliphatic carbocycles. The van der Waals surface area contributed by atoms with E-state index in [1.807, 2.05) is 24.3 Å². The van der Waals surface area contributed by atoms with Gasteiger partial charge in [0.25, 0.3) is 5.91 Å². The van der Waals surface area contributed by atoms with Crippen molar-refractivity contribution < 1.29 is 9.59 Å². The average Bonchev–Trinajstić information content (AvgIpc) is 2.53. The van der Waals surface area contributed by atoms with Crippen LogP contribution in [0.4, 0.5) is 5.69 Å². The van der Waals surface area contributed by atoms with E-state index in [0.29, 0.717) is 11.3 Å². The van der Waals surface area contributed by atoms with Gasteiger partial charge in [0.1, 0.15) is 5.57 Å². The summed E-state index contributed by atoms with van der Waals surface area (Å²) in [6, 6.07) is 17.8. The number of nitrogens with one attached hydrogen (secondary N) is 1. The van der Waals surface area contributed by atoms with E-state index < -0.39 is 5.91 Å². The second kappa shape index (κ2) is 7.22. The lowest BCUT2D eigenvalue weighted by atomic mass is 10.0. The molecule has 0 heterocycles. The molecule has 0 aliphatic heterocycles. The minimum Gasteiger partial charge on any atom is -0.383 e. The van der Waals surface area contributed by atoms with Gasteiger partial charge in [-0.1, -0.05) is 48.5 Å². The maximum absolute atomic E-state index is 12.6. The summed E-state index contributed by atoms with van der Waals surface area (Å²) in [5.41, 5.74) is 1.23. The molecule has 2 aromatic carbocycles. The van der Waals surface area contributed by atoms with Gasteiger partial charge < -0.3 is 10.2 Å². The zero-order chi connectivity index (χ0) is 15.9. The summed E-state index contributed by atoms with van der Waals surface area (Å²) < 4.78 is 0. The average molecular weight is 294 g/mol. The van der Waals surface area contributed by atoms with Crippen molar-refractivity contribution in [1.82, 2.24) is 4.90 Å². The zero-order valence-corrected chi connectivity index (χ0v) is 12.6. The number of ketones is 1. The first-order chi connectivity index (χ1) is 10.6. The third-order valence-corrected chi connectivity index (χ3v) is 2.94. The lowest BCUT2D eigenvalue weighted by Gasteiger charge is -2.12. The highest BCUT2D eigenvalue weighted by molar-refractivity contribution is 6.28. The molecule has 0 aliphatic rings. The Bertz CT molecular complexity index is 677. The van der Waals surface area contributed by atoms with Crippen molar-refractivity contribution in [3.63, 3.8) is 0 Å². The van der Waals surface area contributed by atoms with Crippen LogP contribution >= 0.6 is 0 Å². The Kier molecular flexibility index (Phi) is 5.09. The Balaban J connectivity index is 2.27. The van der Waals surface area contributed by atoms with Crippen LogP contribution in [0.1, 0.15) is 10.4 Å². The Labute approximate surface area is 130 Å². The van der Waals surface area contributed by atoms with Gasteiger partial charge in [0.15, 0.2) is 5.78 Å². The second-order valence-corrected chi connectivity index (χ2v) is 5.02. The van der Waals surface area contributed by atoms with Crippen molar-refractivity contribution in [2.24, 2.45) is 0 Å². The van der Waals surface area contributed by atoms with Crippen LogP contribution in [0.25, 0.3) is 0 Å². The van der Waals surface area contributed by atoms with Crippen molar-refractivity contribution in [2.45, 2.75) is 0 Å². The fraction of sp³-hybridized carbons (Fsp3) is 0.111. The molecule has 0 spiro atoms. The lowest BCUT2D eigenvalue weighted by Crippen LogP contribution is -2.23. The van der Waals surface area contributed by atoms with E-state index in [1.165, 1.54) is 6.20 Å². The van der Waals surface area contributed by atoms with Crippen LogP contribution in [-0.4, -0.2) is 30.7 Å². The predicted molar refractivity (Wildman–Crippen MR) is 87.6 cm³/mol. The fourth-order valence-corrected chi connectivity index (χ4v) is 1.94. The molecule has 4 nitrogen and oxygen atoms in total. The Morgan fingerprint density at radius 3 is 2.00 bits per heavy atom. The van der Waals surface area contributed by atoms with E-state index in [0.717, 1.165) is 0 Å². The predicted octanol–water partition coefficient (Wildman–Crippen LogP) is 2.95. The lowest BCUT2D eigenvalue weighted by molar-refractivity contribution is -0.112. The molecule has 0 radical (unpaired) electrons. The number of amides is 1. The number of para-hydroxylation sites is 1. The van der Waals surface area contributed by atoms with Crippen molar-refractivity contribution in [3.05, 3.63) is 78.0 Å². The van der Waals surface area contributed by atoms with E-state index in [4.69, 9.17) is 0 Å². The van der Waals surface area contributed by atoms with E-state index in [-0.39, 0.29) is 11.4 Å². The molecular weight excluding hydrogens is 276 g/mol. The van der Waals surface area contributed by atoms with Gasteiger partial charge in [-0.15, -0.1) is 0 Å². The third-order valence-electron chi connectivity index (χ3n) is 2.94. The maximum Gasteiger partial charge on any atom is 0.261 e. The number of benzene rings is 2. The molecule has 0 aromatic heterocycles. The second-order valence-electron chi connectivity index (χ2n) is 5.02. The number of Topliss-reactive ketones (excluding diaryl/α,β-unsaturated/α-hetero) is 1. The van der Waals surface area contributed by atoms with Gasteiger partial charge in [0.05, 0.1) is 0 Å². The summed E-state index contributed by atoms with van der Waals surface area (Å²) >= 11 is 0. The first-order valence-corrected chi connectivity index (χ1v) is 6.92. The van der Waals surface area contributed by atoms with E-state index in [2.05, 4.69) is 5.32 Å². The summed E-state index contributed by atoms with van der Waals surface area (Å²) in [6.45, 7) is 0. The molecule has 0 saturated heterocycles. The minimum absolute atomic E-state index is 0.0973. The van der Waals surface area contributed by atoms with Crippen molar-refractivity contribution >= 4 is 17.4 Å². The summed E-state index contributed by atoms with van der Waals surface area (Å²) in [6.07, 6.45) is 1.54. The van der Waals surface area contributed by atoms with Gasteiger partial charge in [0.2, 0.25) is 0 Å². The number of rotatable bonds is 5. The van der Waals surface area contributed by atoms with Crippen molar-refractivity contribution in [1.29, 1.82) is 0 Å². The van der Waals surface area contributed by atoms with Crippen LogP contribution in [0.2, 0.25) is 0 Å². The quantitative estimate of drug-likeness (QED) is 0.399. The standard InChI is InChI=1S/C18H18N2O2/c1-20(2)13-16(17(21)14-9-5-3-6-10-14)18(22)19-15-11-7-4-8-12-15/h3-13H,1-2H3,(H,19,22). The van der Waals surface area contributed by atoms with Gasteiger partial charge in [-0.2, -0.15) is 0 Å². The number of hydrogen-bond donors (Lipinski definition) is 1. The topological polar surface area (TPSA) is 49.4 Å². The highest BCUT2D eigenvalue weighted by atomic mass is 16.2. The Morgan fingerprint density at radius 2 is 1.45 bits per heavy atom. The Morgan fingerprint density at radius 1 is 0.909 bits per heavy atom. The fourth-order valence-electron chi connectivity index (χ4n) is 1.94. The molecule has 0 fully saturated rings. The Hall–Kier alpha value is -2.88. The number of nitrogens with zero attached hydrogens (tertiary/aromatic N) is 1. The molecule has 0 saturated carbocycles. The van der Waals surface area contributed by atoms with Crippen LogP contribution in [-0.2, 0) is 4.79 Å². The molecule has 0 atom stereocenters. The van der Waals surface area contributed by atoms with Crippen LogP contribution < -0.4 is 5.32 Å². The number of hydrogen-bond acceptors (Lipinski definition) is 3. The van der Waals surface area contributed by atoms with Crippen molar-refractivity contribution in [2.75, 3.05) is 19.4 Å². The van der Waals surface area contributed by atoms with Crippen LogP contribution in [0.5, 0.6) is 0 Å². The summed E-state index contributed by atoms with van der Waals surface area (Å²) in [7, 11) is 3.54. The molecule has 22 heavy (non-hydrogen) atoms. The molecule has 2 rings (SSSR count). The highest BCUT2D eigenvalue weighted by Crippen LogP contribution is 2.13. The van der Waals surface area contributed by atoms with Gasteiger partial charge in [0, 0.05) is 31.5 Å². The summed E-state index contributed by atoms with van der Waals surface area (Å²) in [5.74, 6) is -0.725. The molecule has 1 N–H and O–H groups in total. The van der Waals surface area contributed by atoms with Gasteiger partial charge >= 0.3 is 0 Å². The monoisotopic (exact) mass is 294 g/mol. The van der Waals surface area contributed by atoms with E-state index >= 15 is 0 Å². The maximum atomic E-state index is 12.6. The number of carbonyl (C=O) groups excluding carboxylic acids is 2. The third kappa shape index (κ3) is 4.06. The number of anilines is 1. The number of carbonyl (C=O) groups is 2. The first kappa shape index (κ1) is 15.5. The van der Waals surface area contributed by atoms with Crippen LogP contribution in [0.3, 0.4) is 0 Å². The summed E-state index contributed by atoms with van der Waals surface area (Å²) in [5, 5.41) is 2.74. The molecule has 2 aromatic rings. The highest BCUT2D eigenvalue weighted by Gasteiger charge is 2.20. The van der Waals surface area contributed by atoms with Crippen molar-refractivity contribution in [3.8, 4) is 0 Å². The molecule has 1 amide bonds. The van der Waals surface area contributed by atoms with E-state index in [9.17, 15) is 9.59 Å².